The molecule has 0 saturated heterocycles. The Morgan fingerprint density at radius 1 is 0.811 bits per heavy atom. The van der Waals surface area contributed by atoms with E-state index in [1.807, 2.05) is 24.3 Å². The van der Waals surface area contributed by atoms with Crippen molar-refractivity contribution in [3.63, 3.8) is 0 Å². The van der Waals surface area contributed by atoms with Crippen molar-refractivity contribution in [2.75, 3.05) is 20.0 Å². The minimum absolute atomic E-state index is 0. The van der Waals surface area contributed by atoms with Crippen LogP contribution in [0.25, 0.3) is 6.08 Å². The van der Waals surface area contributed by atoms with Crippen LogP contribution in [0.2, 0.25) is 0 Å². The summed E-state index contributed by atoms with van der Waals surface area (Å²) in [6.07, 6.45) is 5.67. The maximum absolute atomic E-state index is 11.0. The molecule has 4 nitrogen and oxygen atoms in total. The summed E-state index contributed by atoms with van der Waals surface area (Å²) >= 11 is 1.80. The van der Waals surface area contributed by atoms with Gasteiger partial charge in [-0.3, -0.25) is 9.59 Å². The summed E-state index contributed by atoms with van der Waals surface area (Å²) in [5.41, 5.74) is 2.39. The van der Waals surface area contributed by atoms with Crippen LogP contribution < -0.4 is 0 Å². The number of Topliss-reactive ketones (excluding diaryl/α,β-unsaturated/α-hetero) is 2. The minimum Gasteiger partial charge on any atom is -0.381 e. The first kappa shape index (κ1) is 41.9. The summed E-state index contributed by atoms with van der Waals surface area (Å²) in [4.78, 5) is 23.2. The van der Waals surface area contributed by atoms with E-state index >= 15 is 0 Å². The molecule has 212 valence electrons. The van der Waals surface area contributed by atoms with Crippen molar-refractivity contribution in [3.05, 3.63) is 72.3 Å². The van der Waals surface area contributed by atoms with E-state index in [0.717, 1.165) is 30.6 Å². The third kappa shape index (κ3) is 20.5. The molecule has 0 radical (unpaired) electrons. The first-order chi connectivity index (χ1) is 15.9. The third-order valence-electron chi connectivity index (χ3n) is 5.12. The molecule has 2 aromatic rings. The lowest BCUT2D eigenvalue weighted by atomic mass is 10.0. The molecule has 2 unspecified atom stereocenters. The number of ketones is 2. The van der Waals surface area contributed by atoms with Crippen LogP contribution >= 0.6 is 11.8 Å². The molecule has 2 aromatic carbocycles. The molecule has 0 spiro atoms. The van der Waals surface area contributed by atoms with Gasteiger partial charge in [0.05, 0.1) is 12.2 Å². The van der Waals surface area contributed by atoms with Crippen molar-refractivity contribution in [3.8, 4) is 0 Å². The van der Waals surface area contributed by atoms with Crippen molar-refractivity contribution < 1.29 is 19.1 Å². The van der Waals surface area contributed by atoms with Crippen molar-refractivity contribution >= 4 is 29.4 Å². The Bertz CT molecular complexity index is 818. The molecule has 0 bridgehead atoms. The third-order valence-corrected chi connectivity index (χ3v) is 6.16. The molecule has 2 rings (SSSR count). The molecular formula is C32H54O4S. The lowest BCUT2D eigenvalue weighted by Gasteiger charge is -2.13. The van der Waals surface area contributed by atoms with Gasteiger partial charge < -0.3 is 9.47 Å². The summed E-state index contributed by atoms with van der Waals surface area (Å²) in [7, 11) is 3.33. The lowest BCUT2D eigenvalue weighted by Crippen LogP contribution is -2.15. The van der Waals surface area contributed by atoms with E-state index in [1.54, 1.807) is 39.8 Å². The maximum atomic E-state index is 11.0. The van der Waals surface area contributed by atoms with Gasteiger partial charge in [0.15, 0.2) is 0 Å². The number of carbonyl (C=O) groups is 2. The summed E-state index contributed by atoms with van der Waals surface area (Å²) in [5.74, 6) is 1.35. The number of thioether (sulfide) groups is 1. The average molecular weight is 535 g/mol. The topological polar surface area (TPSA) is 52.6 Å². The van der Waals surface area contributed by atoms with E-state index in [4.69, 9.17) is 9.47 Å². The summed E-state index contributed by atoms with van der Waals surface area (Å²) in [6.45, 7) is 6.93. The molecule has 0 aliphatic rings. The summed E-state index contributed by atoms with van der Waals surface area (Å²) in [5, 5.41) is 0. The average Bonchev–Trinajstić information content (AvgIpc) is 2.82. The van der Waals surface area contributed by atoms with Crippen LogP contribution in [0.3, 0.4) is 0 Å². The molecule has 0 N–H and O–H groups in total. The molecule has 0 heterocycles. The number of benzene rings is 2. The Kier molecular flexibility index (Phi) is 28.8. The highest BCUT2D eigenvalue weighted by Gasteiger charge is 2.10. The normalized spacial score (nSPS) is 10.9. The second-order valence-electron chi connectivity index (χ2n) is 7.96. The number of hydrogen-bond acceptors (Lipinski definition) is 5. The van der Waals surface area contributed by atoms with E-state index < -0.39 is 0 Å². The van der Waals surface area contributed by atoms with Crippen LogP contribution in [-0.2, 0) is 25.5 Å². The fraction of sp³-hybridized carbons (Fsp3) is 0.500. The number of aryl methyl sites for hydroxylation is 1. The van der Waals surface area contributed by atoms with Gasteiger partial charge in [0.1, 0.15) is 11.6 Å². The van der Waals surface area contributed by atoms with Crippen LogP contribution in [0.4, 0.5) is 0 Å². The highest BCUT2D eigenvalue weighted by molar-refractivity contribution is 7.99. The molecule has 0 aliphatic carbocycles. The predicted octanol–water partition coefficient (Wildman–Crippen LogP) is 8.96. The quantitative estimate of drug-likeness (QED) is 0.226. The Labute approximate surface area is 233 Å². The molecule has 5 heteroatoms. The van der Waals surface area contributed by atoms with Gasteiger partial charge in [-0.15, -0.1) is 11.8 Å². The minimum atomic E-state index is 0. The Balaban J connectivity index is -0.000000266. The fourth-order valence-electron chi connectivity index (χ4n) is 3.22. The Morgan fingerprint density at radius 2 is 1.30 bits per heavy atom. The van der Waals surface area contributed by atoms with E-state index in [9.17, 15) is 9.59 Å². The highest BCUT2D eigenvalue weighted by Crippen LogP contribution is 2.19. The fourth-order valence-corrected chi connectivity index (χ4v) is 4.19. The van der Waals surface area contributed by atoms with E-state index in [1.165, 1.54) is 10.5 Å². The molecule has 0 amide bonds. The van der Waals surface area contributed by atoms with Crippen LogP contribution in [0.5, 0.6) is 0 Å². The van der Waals surface area contributed by atoms with Crippen molar-refractivity contribution in [2.24, 2.45) is 0 Å². The molecule has 0 aromatic heterocycles. The molecule has 37 heavy (non-hydrogen) atoms. The van der Waals surface area contributed by atoms with E-state index in [2.05, 4.69) is 43.0 Å². The van der Waals surface area contributed by atoms with E-state index in [0.29, 0.717) is 12.8 Å². The number of hydrogen-bond donors (Lipinski definition) is 0. The van der Waals surface area contributed by atoms with Crippen LogP contribution in [-0.4, -0.2) is 43.7 Å². The molecular weight excluding hydrogens is 480 g/mol. The molecule has 0 aliphatic heterocycles. The zero-order chi connectivity index (χ0) is 24.5. The van der Waals surface area contributed by atoms with Gasteiger partial charge in [-0.25, -0.2) is 0 Å². The van der Waals surface area contributed by atoms with Crippen molar-refractivity contribution in [1.29, 1.82) is 0 Å². The van der Waals surface area contributed by atoms with Gasteiger partial charge in [0.2, 0.25) is 0 Å². The smallest absolute Gasteiger partial charge is 0.132 e. The number of carbonyl (C=O) groups excluding carboxylic acids is 2. The Hall–Kier alpha value is -2.21. The van der Waals surface area contributed by atoms with Crippen LogP contribution in [0.15, 0.2) is 66.1 Å². The van der Waals surface area contributed by atoms with Crippen molar-refractivity contribution in [2.45, 2.75) is 92.8 Å². The zero-order valence-corrected chi connectivity index (χ0v) is 21.2. The van der Waals surface area contributed by atoms with Gasteiger partial charge in [-0.1, -0.05) is 84.8 Å². The van der Waals surface area contributed by atoms with Gasteiger partial charge in [-0.2, -0.15) is 0 Å². The number of rotatable bonds is 14. The second-order valence-corrected chi connectivity index (χ2v) is 9.13. The van der Waals surface area contributed by atoms with E-state index in [-0.39, 0.29) is 53.5 Å². The first-order valence-corrected chi connectivity index (χ1v) is 12.3. The summed E-state index contributed by atoms with van der Waals surface area (Å²) in [6, 6.07) is 18.6. The molecule has 2 atom stereocenters. The first-order valence-electron chi connectivity index (χ1n) is 11.3. The van der Waals surface area contributed by atoms with Crippen LogP contribution in [0.1, 0.15) is 80.4 Å². The predicted molar refractivity (Wildman–Crippen MR) is 166 cm³/mol. The highest BCUT2D eigenvalue weighted by atomic mass is 32.2. The Morgan fingerprint density at radius 3 is 1.73 bits per heavy atom. The summed E-state index contributed by atoms with van der Waals surface area (Å²) < 4.78 is 10.6. The number of ether oxygens (including phenoxy) is 2. The second kappa shape index (κ2) is 25.4. The molecule has 0 fully saturated rings. The van der Waals surface area contributed by atoms with Gasteiger partial charge in [0.25, 0.3) is 0 Å². The zero-order valence-electron chi connectivity index (χ0n) is 20.4. The lowest BCUT2D eigenvalue weighted by molar-refractivity contribution is -0.120. The monoisotopic (exact) mass is 534 g/mol. The maximum Gasteiger partial charge on any atom is 0.132 e. The SMILES string of the molecule is C.C.C.C.C=Cc1ccc(CCC(CC(C)=O)OC)cc1.COC(CCSc1ccccc1)CC(C)=O. The van der Waals surface area contributed by atoms with Crippen molar-refractivity contribution in [1.82, 2.24) is 0 Å². The largest absolute Gasteiger partial charge is 0.381 e. The van der Waals surface area contributed by atoms with Crippen LogP contribution in [0, 0.1) is 0 Å². The van der Waals surface area contributed by atoms with Gasteiger partial charge in [-0.05, 0) is 56.4 Å². The molecule has 0 saturated carbocycles. The van der Waals surface area contributed by atoms with Gasteiger partial charge in [0, 0.05) is 37.7 Å². The standard InChI is InChI=1S/C15H20O2.C13H18O2S.4CH4/c1-4-13-5-7-14(8-6-13)9-10-15(17-3)11-12(2)16;1-11(14)10-12(15-2)8-9-16-13-6-4-3-5-7-13;;;;/h4-8,15H,1,9-11H2,2-3H3;3-7,12H,8-10H2,1-2H3;4*1H4. The van der Waals surface area contributed by atoms with Gasteiger partial charge >= 0.3 is 0 Å². The number of methoxy groups -OCH3 is 2.